The highest BCUT2D eigenvalue weighted by molar-refractivity contribution is 5.98. The minimum atomic E-state index is -0.169. The van der Waals surface area contributed by atoms with Crippen LogP contribution < -0.4 is 10.5 Å². The van der Waals surface area contributed by atoms with E-state index in [9.17, 15) is 0 Å². The predicted molar refractivity (Wildman–Crippen MR) is 106 cm³/mol. The number of fused-ring (bicyclic) bond motifs is 1. The van der Waals surface area contributed by atoms with E-state index in [2.05, 4.69) is 25.3 Å². The lowest BCUT2D eigenvalue weighted by Gasteiger charge is -2.09. The molecule has 4 heterocycles. The molecule has 1 aliphatic carbocycles. The van der Waals surface area contributed by atoms with Crippen LogP contribution in [0.4, 0.5) is 5.82 Å². The number of rotatable bonds is 6. The number of nitrogens with zero attached hydrogens (tertiary/aromatic N) is 8. The van der Waals surface area contributed by atoms with E-state index in [-0.39, 0.29) is 6.04 Å². The molecule has 0 spiro atoms. The van der Waals surface area contributed by atoms with Gasteiger partial charge in [-0.2, -0.15) is 5.10 Å². The zero-order chi connectivity index (χ0) is 20.0. The lowest BCUT2D eigenvalue weighted by Crippen LogP contribution is -2.10. The van der Waals surface area contributed by atoms with Gasteiger partial charge >= 0.3 is 0 Å². The number of ether oxygens (including phenoxy) is 1. The molecule has 1 aliphatic rings. The van der Waals surface area contributed by atoms with Gasteiger partial charge in [-0.15, -0.1) is 5.10 Å². The van der Waals surface area contributed by atoms with Crippen LogP contribution in [-0.4, -0.2) is 46.8 Å². The molecule has 1 atom stereocenters. The van der Waals surface area contributed by atoms with Crippen LogP contribution >= 0.6 is 0 Å². The number of aromatic nitrogens is 8. The molecule has 1 saturated carbocycles. The first-order valence-electron chi connectivity index (χ1n) is 9.53. The molecule has 0 aliphatic heterocycles. The summed E-state index contributed by atoms with van der Waals surface area (Å²) in [4.78, 5) is 12.8. The molecule has 148 valence electrons. The summed E-state index contributed by atoms with van der Waals surface area (Å²) in [6, 6.07) is 3.50. The van der Waals surface area contributed by atoms with Crippen LogP contribution in [0.5, 0.6) is 5.88 Å². The third-order valence-electron chi connectivity index (χ3n) is 5.23. The maximum Gasteiger partial charge on any atom is 0.213 e. The van der Waals surface area contributed by atoms with Crippen LogP contribution in [0.2, 0.25) is 0 Å². The Morgan fingerprint density at radius 3 is 2.93 bits per heavy atom. The van der Waals surface area contributed by atoms with Gasteiger partial charge in [-0.1, -0.05) is 5.21 Å². The highest BCUT2D eigenvalue weighted by atomic mass is 16.5. The molecule has 0 aromatic carbocycles. The van der Waals surface area contributed by atoms with E-state index in [4.69, 9.17) is 15.6 Å². The summed E-state index contributed by atoms with van der Waals surface area (Å²) >= 11 is 0. The van der Waals surface area contributed by atoms with E-state index in [0.717, 1.165) is 23.7 Å². The molecule has 4 aromatic rings. The van der Waals surface area contributed by atoms with Gasteiger partial charge in [0, 0.05) is 24.4 Å². The molecule has 29 heavy (non-hydrogen) atoms. The number of nitrogens with two attached hydrogens (primary N) is 1. The first kappa shape index (κ1) is 17.5. The Morgan fingerprint density at radius 1 is 1.28 bits per heavy atom. The number of methoxy groups -OCH3 is 1. The zero-order valence-corrected chi connectivity index (χ0v) is 16.2. The van der Waals surface area contributed by atoms with Gasteiger partial charge in [0.05, 0.1) is 24.7 Å². The summed E-state index contributed by atoms with van der Waals surface area (Å²) in [6.07, 6.45) is 7.64. The molecule has 10 heteroatoms. The Kier molecular flexibility index (Phi) is 4.11. The molecule has 1 unspecified atom stereocenters. The van der Waals surface area contributed by atoms with Gasteiger partial charge in [0.2, 0.25) is 5.88 Å². The molecule has 0 bridgehead atoms. The van der Waals surface area contributed by atoms with Crippen molar-refractivity contribution in [2.75, 3.05) is 12.8 Å². The van der Waals surface area contributed by atoms with Gasteiger partial charge in [0.25, 0.3) is 0 Å². The molecule has 1 fully saturated rings. The fraction of sp³-hybridized carbons (Fsp3) is 0.368. The van der Waals surface area contributed by atoms with Crippen molar-refractivity contribution in [2.45, 2.75) is 32.4 Å². The van der Waals surface area contributed by atoms with E-state index < -0.39 is 0 Å². The van der Waals surface area contributed by atoms with Gasteiger partial charge in [-0.25, -0.2) is 19.6 Å². The summed E-state index contributed by atoms with van der Waals surface area (Å²) in [7, 11) is 1.58. The first-order chi connectivity index (χ1) is 14.1. The fourth-order valence-electron chi connectivity index (χ4n) is 3.42. The second kappa shape index (κ2) is 6.80. The van der Waals surface area contributed by atoms with E-state index >= 15 is 0 Å². The SMILES string of the molecule is COc1cc(-c2nn(C(C)c3cn(CC4CC4)nn3)c3ncnc(N)c23)ccn1. The average Bonchev–Trinajstić information content (AvgIpc) is 3.27. The summed E-state index contributed by atoms with van der Waals surface area (Å²) < 4.78 is 8.98. The Labute approximate surface area is 166 Å². The van der Waals surface area contributed by atoms with E-state index in [1.54, 1.807) is 13.3 Å². The topological polar surface area (TPSA) is 122 Å². The first-order valence-corrected chi connectivity index (χ1v) is 9.53. The molecular weight excluding hydrogens is 370 g/mol. The third-order valence-corrected chi connectivity index (χ3v) is 5.23. The van der Waals surface area contributed by atoms with Crippen LogP contribution in [0.3, 0.4) is 0 Å². The van der Waals surface area contributed by atoms with Gasteiger partial charge in [0.1, 0.15) is 23.5 Å². The maximum absolute atomic E-state index is 6.20. The summed E-state index contributed by atoms with van der Waals surface area (Å²) in [5.74, 6) is 1.60. The summed E-state index contributed by atoms with van der Waals surface area (Å²) in [5.41, 5.74) is 9.17. The van der Waals surface area contributed by atoms with Crippen LogP contribution in [0.15, 0.2) is 30.9 Å². The van der Waals surface area contributed by atoms with E-state index in [1.807, 2.05) is 34.6 Å². The van der Waals surface area contributed by atoms with Gasteiger partial charge in [0.15, 0.2) is 5.65 Å². The van der Waals surface area contributed by atoms with Crippen molar-refractivity contribution in [3.63, 3.8) is 0 Å². The van der Waals surface area contributed by atoms with Crippen LogP contribution in [0.25, 0.3) is 22.3 Å². The van der Waals surface area contributed by atoms with E-state index in [1.165, 1.54) is 19.2 Å². The third kappa shape index (κ3) is 3.16. The fourth-order valence-corrected chi connectivity index (χ4v) is 3.42. The zero-order valence-electron chi connectivity index (χ0n) is 16.2. The molecule has 4 aromatic heterocycles. The molecule has 10 nitrogen and oxygen atoms in total. The molecule has 0 radical (unpaired) electrons. The minimum absolute atomic E-state index is 0.169. The molecule has 0 amide bonds. The Morgan fingerprint density at radius 2 is 2.14 bits per heavy atom. The number of anilines is 1. The largest absolute Gasteiger partial charge is 0.481 e. The van der Waals surface area contributed by atoms with Crippen molar-refractivity contribution >= 4 is 16.9 Å². The summed E-state index contributed by atoms with van der Waals surface area (Å²) in [5, 5.41) is 14.2. The van der Waals surface area contributed by atoms with Crippen LogP contribution in [0.1, 0.15) is 31.5 Å². The normalized spacial score (nSPS) is 15.0. The van der Waals surface area contributed by atoms with Crippen LogP contribution in [-0.2, 0) is 6.54 Å². The summed E-state index contributed by atoms with van der Waals surface area (Å²) in [6.45, 7) is 2.93. The average molecular weight is 391 g/mol. The Hall–Kier alpha value is -3.56. The lowest BCUT2D eigenvalue weighted by atomic mass is 10.1. The molecule has 0 saturated heterocycles. The molecule has 5 rings (SSSR count). The Bertz CT molecular complexity index is 1180. The molecule has 2 N–H and O–H groups in total. The van der Waals surface area contributed by atoms with Crippen molar-refractivity contribution < 1.29 is 4.74 Å². The molecular formula is C19H21N9O. The number of nitrogen functional groups attached to an aromatic ring is 1. The monoisotopic (exact) mass is 391 g/mol. The van der Waals surface area contributed by atoms with Crippen molar-refractivity contribution in [1.29, 1.82) is 0 Å². The standard InChI is InChI=1S/C19H21N9O/c1-11(14-9-27(26-24-14)8-12-3-4-12)28-19-16(18(20)22-10-23-19)17(25-28)13-5-6-21-15(7-13)29-2/h5-7,9-12H,3-4,8H2,1-2H3,(H2,20,22,23). The maximum atomic E-state index is 6.20. The number of pyridine rings is 1. The Balaban J connectivity index is 1.60. The second-order valence-electron chi connectivity index (χ2n) is 7.32. The highest BCUT2D eigenvalue weighted by Gasteiger charge is 2.25. The number of hydrogen-bond donors (Lipinski definition) is 1. The van der Waals surface area contributed by atoms with Crippen molar-refractivity contribution in [1.82, 2.24) is 39.7 Å². The van der Waals surface area contributed by atoms with Crippen molar-refractivity contribution in [2.24, 2.45) is 5.92 Å². The second-order valence-corrected chi connectivity index (χ2v) is 7.32. The van der Waals surface area contributed by atoms with Gasteiger partial charge in [-0.3, -0.25) is 4.68 Å². The minimum Gasteiger partial charge on any atom is -0.481 e. The van der Waals surface area contributed by atoms with Gasteiger partial charge in [-0.05, 0) is 31.7 Å². The highest BCUT2D eigenvalue weighted by Crippen LogP contribution is 2.34. The van der Waals surface area contributed by atoms with Crippen molar-refractivity contribution in [3.05, 3.63) is 36.5 Å². The quantitative estimate of drug-likeness (QED) is 0.530. The van der Waals surface area contributed by atoms with Gasteiger partial charge < -0.3 is 10.5 Å². The van der Waals surface area contributed by atoms with Crippen molar-refractivity contribution in [3.8, 4) is 17.1 Å². The lowest BCUT2D eigenvalue weighted by molar-refractivity contribution is 0.398. The smallest absolute Gasteiger partial charge is 0.213 e. The van der Waals surface area contributed by atoms with Crippen LogP contribution in [0, 0.1) is 5.92 Å². The van der Waals surface area contributed by atoms with E-state index in [0.29, 0.717) is 28.4 Å². The predicted octanol–water partition coefficient (Wildman–Crippen LogP) is 2.09. The number of hydrogen-bond acceptors (Lipinski definition) is 8.